The number of rotatable bonds is 7. The quantitative estimate of drug-likeness (QED) is 0.391. The zero-order valence-corrected chi connectivity index (χ0v) is 20.5. The lowest BCUT2D eigenvalue weighted by Gasteiger charge is -2.26. The van der Waals surface area contributed by atoms with Gasteiger partial charge in [0, 0.05) is 22.3 Å². The third kappa shape index (κ3) is 4.89. The molecular weight excluding hydrogens is 506 g/mol. The summed E-state index contributed by atoms with van der Waals surface area (Å²) in [6.07, 6.45) is 6.17. The third-order valence-corrected chi connectivity index (χ3v) is 5.53. The number of carbonyl (C=O) groups is 3. The van der Waals surface area contributed by atoms with Crippen LogP contribution in [0.2, 0.25) is 0 Å². The molecular formula is C25H22BrNO7. The van der Waals surface area contributed by atoms with Gasteiger partial charge in [-0.05, 0) is 42.5 Å². The van der Waals surface area contributed by atoms with Gasteiger partial charge in [-0.15, -0.1) is 0 Å². The first-order valence-electron chi connectivity index (χ1n) is 9.97. The number of ether oxygens (including phenoxy) is 4. The standard InChI is InChI=1S/C25H22BrNO7/c1-31-20-13-18(23(28)15-8-10-16(26)11-9-15)19(14-21(20)32-2)27-12-6-5-7-17(24(29)33-3)22(27)25(30)34-4/h5-14H,1-4H3. The van der Waals surface area contributed by atoms with Crippen molar-refractivity contribution in [3.05, 3.63) is 87.7 Å². The van der Waals surface area contributed by atoms with Crippen molar-refractivity contribution < 1.29 is 33.3 Å². The molecule has 0 N–H and O–H groups in total. The molecule has 0 fully saturated rings. The predicted molar refractivity (Wildman–Crippen MR) is 129 cm³/mol. The van der Waals surface area contributed by atoms with Crippen molar-refractivity contribution >= 4 is 39.3 Å². The molecule has 2 aromatic rings. The Kier molecular flexibility index (Phi) is 7.91. The van der Waals surface area contributed by atoms with Crippen LogP contribution in [-0.2, 0) is 19.1 Å². The van der Waals surface area contributed by atoms with Crippen molar-refractivity contribution in [3.63, 3.8) is 0 Å². The molecule has 34 heavy (non-hydrogen) atoms. The molecule has 0 aromatic heterocycles. The number of halogens is 1. The van der Waals surface area contributed by atoms with E-state index >= 15 is 0 Å². The Bertz CT molecular complexity index is 1210. The minimum atomic E-state index is -0.798. The van der Waals surface area contributed by atoms with Gasteiger partial charge in [0.1, 0.15) is 5.70 Å². The average Bonchev–Trinajstić information content (AvgIpc) is 3.10. The number of esters is 2. The zero-order chi connectivity index (χ0) is 24.8. The van der Waals surface area contributed by atoms with Gasteiger partial charge in [0.05, 0.1) is 45.3 Å². The maximum atomic E-state index is 13.6. The fourth-order valence-electron chi connectivity index (χ4n) is 3.36. The van der Waals surface area contributed by atoms with Gasteiger partial charge in [0.25, 0.3) is 0 Å². The van der Waals surface area contributed by atoms with Crippen molar-refractivity contribution in [1.82, 2.24) is 0 Å². The molecule has 2 aromatic carbocycles. The Morgan fingerprint density at radius 2 is 1.44 bits per heavy atom. The van der Waals surface area contributed by atoms with Crippen LogP contribution in [0.3, 0.4) is 0 Å². The number of carbonyl (C=O) groups excluding carboxylic acids is 3. The Balaban J connectivity index is 2.33. The van der Waals surface area contributed by atoms with Crippen LogP contribution in [0, 0.1) is 0 Å². The fraction of sp³-hybridized carbons (Fsp3) is 0.160. The second-order valence-corrected chi connectivity index (χ2v) is 7.79. The first-order chi connectivity index (χ1) is 16.4. The van der Waals surface area contributed by atoms with Gasteiger partial charge in [-0.1, -0.05) is 22.0 Å². The topological polar surface area (TPSA) is 91.4 Å². The van der Waals surface area contributed by atoms with E-state index < -0.39 is 11.9 Å². The summed E-state index contributed by atoms with van der Waals surface area (Å²) in [6, 6.07) is 9.92. The fourth-order valence-corrected chi connectivity index (χ4v) is 3.62. The van der Waals surface area contributed by atoms with Crippen LogP contribution >= 0.6 is 15.9 Å². The molecule has 0 atom stereocenters. The lowest BCUT2D eigenvalue weighted by Crippen LogP contribution is -2.28. The first kappa shape index (κ1) is 24.8. The van der Waals surface area contributed by atoms with E-state index in [0.29, 0.717) is 17.1 Å². The van der Waals surface area contributed by atoms with Crippen molar-refractivity contribution in [1.29, 1.82) is 0 Å². The Morgan fingerprint density at radius 1 is 0.824 bits per heavy atom. The molecule has 0 spiro atoms. The Hall–Kier alpha value is -3.85. The van der Waals surface area contributed by atoms with Gasteiger partial charge in [-0.3, -0.25) is 4.79 Å². The number of anilines is 1. The summed E-state index contributed by atoms with van der Waals surface area (Å²) < 4.78 is 21.5. The van der Waals surface area contributed by atoms with E-state index in [4.69, 9.17) is 18.9 Å². The molecule has 0 aliphatic carbocycles. The van der Waals surface area contributed by atoms with Crippen LogP contribution in [0.4, 0.5) is 5.69 Å². The monoisotopic (exact) mass is 527 g/mol. The SMILES string of the molecule is COC(=O)C1=C(C(=O)OC)N(c2cc(OC)c(OC)cc2C(=O)c2ccc(Br)cc2)C=CC=C1. The van der Waals surface area contributed by atoms with Crippen LogP contribution in [0.15, 0.2) is 76.6 Å². The summed E-state index contributed by atoms with van der Waals surface area (Å²) in [5, 5.41) is 0. The summed E-state index contributed by atoms with van der Waals surface area (Å²) in [5.41, 5.74) is 0.711. The maximum Gasteiger partial charge on any atom is 0.355 e. The zero-order valence-electron chi connectivity index (χ0n) is 19.0. The molecule has 9 heteroatoms. The number of methoxy groups -OCH3 is 4. The Labute approximate surface area is 205 Å². The average molecular weight is 528 g/mol. The molecule has 0 saturated carbocycles. The van der Waals surface area contributed by atoms with Crippen molar-refractivity contribution in [2.45, 2.75) is 0 Å². The van der Waals surface area contributed by atoms with E-state index in [1.54, 1.807) is 42.5 Å². The third-order valence-electron chi connectivity index (χ3n) is 5.00. The highest BCUT2D eigenvalue weighted by Gasteiger charge is 2.31. The summed E-state index contributed by atoms with van der Waals surface area (Å²) in [5.74, 6) is -1.24. The molecule has 0 saturated heterocycles. The number of nitrogens with zero attached hydrogens (tertiary/aromatic N) is 1. The van der Waals surface area contributed by atoms with Crippen LogP contribution in [-0.4, -0.2) is 46.2 Å². The number of ketones is 1. The summed E-state index contributed by atoms with van der Waals surface area (Å²) in [4.78, 5) is 40.4. The minimum absolute atomic E-state index is 0.0452. The molecule has 3 rings (SSSR count). The molecule has 1 heterocycles. The van der Waals surface area contributed by atoms with Gasteiger partial charge in [-0.2, -0.15) is 0 Å². The van der Waals surface area contributed by atoms with Crippen molar-refractivity contribution in [2.24, 2.45) is 0 Å². The van der Waals surface area contributed by atoms with Crippen LogP contribution in [0.25, 0.3) is 0 Å². The van der Waals surface area contributed by atoms with Crippen molar-refractivity contribution in [2.75, 3.05) is 33.3 Å². The number of hydrogen-bond donors (Lipinski definition) is 0. The molecule has 1 aliphatic rings. The maximum absolute atomic E-state index is 13.6. The van der Waals surface area contributed by atoms with E-state index in [0.717, 1.165) is 4.47 Å². The van der Waals surface area contributed by atoms with E-state index in [-0.39, 0.29) is 28.3 Å². The van der Waals surface area contributed by atoms with Crippen LogP contribution in [0.1, 0.15) is 15.9 Å². The van der Waals surface area contributed by atoms with E-state index in [1.807, 2.05) is 0 Å². The minimum Gasteiger partial charge on any atom is -0.493 e. The predicted octanol–water partition coefficient (Wildman–Crippen LogP) is 4.19. The van der Waals surface area contributed by atoms with E-state index in [2.05, 4.69) is 15.9 Å². The molecule has 0 bridgehead atoms. The highest BCUT2D eigenvalue weighted by Crippen LogP contribution is 2.39. The number of hydrogen-bond acceptors (Lipinski definition) is 8. The molecule has 176 valence electrons. The summed E-state index contributed by atoms with van der Waals surface area (Å²) in [6.45, 7) is 0. The highest BCUT2D eigenvalue weighted by molar-refractivity contribution is 9.10. The molecule has 0 amide bonds. The Morgan fingerprint density at radius 3 is 2.03 bits per heavy atom. The van der Waals surface area contributed by atoms with E-state index in [9.17, 15) is 14.4 Å². The molecule has 0 radical (unpaired) electrons. The number of benzene rings is 2. The van der Waals surface area contributed by atoms with Gasteiger partial charge in [-0.25, -0.2) is 9.59 Å². The molecule has 8 nitrogen and oxygen atoms in total. The number of allylic oxidation sites excluding steroid dienone is 2. The van der Waals surface area contributed by atoms with Gasteiger partial charge in [0.15, 0.2) is 17.3 Å². The lowest BCUT2D eigenvalue weighted by atomic mass is 9.99. The summed E-state index contributed by atoms with van der Waals surface area (Å²) in [7, 11) is 5.31. The summed E-state index contributed by atoms with van der Waals surface area (Å²) >= 11 is 3.36. The second kappa shape index (κ2) is 10.8. The first-order valence-corrected chi connectivity index (χ1v) is 10.8. The molecule has 1 aliphatic heterocycles. The normalized spacial score (nSPS) is 12.8. The lowest BCUT2D eigenvalue weighted by molar-refractivity contribution is -0.139. The highest BCUT2D eigenvalue weighted by atomic mass is 79.9. The van der Waals surface area contributed by atoms with Crippen LogP contribution < -0.4 is 14.4 Å². The van der Waals surface area contributed by atoms with Gasteiger partial charge >= 0.3 is 11.9 Å². The second-order valence-electron chi connectivity index (χ2n) is 6.88. The van der Waals surface area contributed by atoms with E-state index in [1.165, 1.54) is 51.7 Å². The van der Waals surface area contributed by atoms with Gasteiger partial charge < -0.3 is 23.8 Å². The van der Waals surface area contributed by atoms with Crippen LogP contribution in [0.5, 0.6) is 11.5 Å². The largest absolute Gasteiger partial charge is 0.493 e. The van der Waals surface area contributed by atoms with Gasteiger partial charge in [0.2, 0.25) is 0 Å². The smallest absolute Gasteiger partial charge is 0.355 e. The van der Waals surface area contributed by atoms with Crippen molar-refractivity contribution in [3.8, 4) is 11.5 Å². The molecule has 0 unspecified atom stereocenters.